The number of nitrogens with zero attached hydrogens (tertiary/aromatic N) is 3. The number of pyridine rings is 1. The molecule has 0 spiro atoms. The van der Waals surface area contributed by atoms with Crippen LogP contribution in [0.15, 0.2) is 67.0 Å². The molecular weight excluding hydrogens is 444 g/mol. The first kappa shape index (κ1) is 22.6. The maximum atomic E-state index is 12.8. The number of amides is 2. The van der Waals surface area contributed by atoms with E-state index in [9.17, 15) is 9.59 Å². The monoisotopic (exact) mass is 470 g/mol. The quantitative estimate of drug-likeness (QED) is 0.475. The van der Waals surface area contributed by atoms with Gasteiger partial charge < -0.3 is 19.7 Å². The van der Waals surface area contributed by atoms with Gasteiger partial charge in [0.25, 0.3) is 5.91 Å². The molecule has 35 heavy (non-hydrogen) atoms. The number of hydrogen-bond acceptors (Lipinski definition) is 5. The van der Waals surface area contributed by atoms with Crippen LogP contribution in [-0.4, -0.2) is 59.5 Å². The summed E-state index contributed by atoms with van der Waals surface area (Å²) in [5.41, 5.74) is 5.49. The molecule has 1 saturated heterocycles. The molecule has 0 bridgehead atoms. The number of carbonyl (C=O) groups is 2. The van der Waals surface area contributed by atoms with Crippen molar-refractivity contribution in [2.45, 2.75) is 6.92 Å². The Bertz CT molecular complexity index is 1390. The number of carbonyl (C=O) groups excluding carboxylic acids is 2. The standard InChI is InChI=1S/C27H26N4O4/c1-18(32)29-24-15-22(19-6-8-20(9-7-19)27(33)30-10-12-35-13-11-30)17-31-25(16-28-26(24)31)21-4-3-5-23(14-21)34-2/h3-9,14-17H,10-13H2,1-2H3,(H,29,32). The van der Waals surface area contributed by atoms with E-state index in [4.69, 9.17) is 9.47 Å². The van der Waals surface area contributed by atoms with Crippen LogP contribution in [0.25, 0.3) is 28.0 Å². The number of nitrogens with one attached hydrogen (secondary N) is 1. The highest BCUT2D eigenvalue weighted by atomic mass is 16.5. The Morgan fingerprint density at radius 2 is 1.77 bits per heavy atom. The van der Waals surface area contributed by atoms with Crippen LogP contribution in [0, 0.1) is 0 Å². The van der Waals surface area contributed by atoms with Crippen LogP contribution >= 0.6 is 0 Å². The number of morpholine rings is 1. The van der Waals surface area contributed by atoms with E-state index in [0.717, 1.165) is 28.1 Å². The van der Waals surface area contributed by atoms with Gasteiger partial charge in [0.2, 0.25) is 5.91 Å². The molecule has 0 aliphatic carbocycles. The molecule has 0 radical (unpaired) electrons. The van der Waals surface area contributed by atoms with Crippen molar-refractivity contribution in [2.24, 2.45) is 0 Å². The second-order valence-corrected chi connectivity index (χ2v) is 8.37. The molecule has 4 aromatic rings. The van der Waals surface area contributed by atoms with Crippen LogP contribution in [-0.2, 0) is 9.53 Å². The van der Waals surface area contributed by atoms with Crippen molar-refractivity contribution in [3.8, 4) is 28.1 Å². The number of rotatable bonds is 5. The van der Waals surface area contributed by atoms with Gasteiger partial charge in [0.1, 0.15) is 5.75 Å². The highest BCUT2D eigenvalue weighted by molar-refractivity contribution is 5.96. The number of imidazole rings is 1. The molecule has 0 saturated carbocycles. The molecule has 2 aromatic carbocycles. The summed E-state index contributed by atoms with van der Waals surface area (Å²) in [5.74, 6) is 0.571. The first-order valence-electron chi connectivity index (χ1n) is 11.4. The van der Waals surface area contributed by atoms with E-state index in [0.29, 0.717) is 43.2 Å². The summed E-state index contributed by atoms with van der Waals surface area (Å²) in [4.78, 5) is 31.1. The zero-order valence-electron chi connectivity index (χ0n) is 19.7. The van der Waals surface area contributed by atoms with Gasteiger partial charge in [-0.2, -0.15) is 0 Å². The van der Waals surface area contributed by atoms with Crippen LogP contribution in [0.4, 0.5) is 5.69 Å². The molecule has 2 amide bonds. The highest BCUT2D eigenvalue weighted by Gasteiger charge is 2.19. The predicted octanol–water partition coefficient (Wildman–Crippen LogP) is 4.11. The van der Waals surface area contributed by atoms with Gasteiger partial charge in [-0.15, -0.1) is 0 Å². The van der Waals surface area contributed by atoms with Crippen molar-refractivity contribution in [3.05, 3.63) is 72.6 Å². The summed E-state index contributed by atoms with van der Waals surface area (Å²) in [5, 5.41) is 2.90. The number of fused-ring (bicyclic) bond motifs is 1. The van der Waals surface area contributed by atoms with Crippen molar-refractivity contribution in [1.82, 2.24) is 14.3 Å². The smallest absolute Gasteiger partial charge is 0.254 e. The van der Waals surface area contributed by atoms with Crippen molar-refractivity contribution in [2.75, 3.05) is 38.7 Å². The second-order valence-electron chi connectivity index (χ2n) is 8.37. The normalized spacial score (nSPS) is 13.6. The lowest BCUT2D eigenvalue weighted by Gasteiger charge is -2.26. The van der Waals surface area contributed by atoms with Gasteiger partial charge in [0, 0.05) is 42.9 Å². The minimum atomic E-state index is -0.179. The Morgan fingerprint density at radius 3 is 2.49 bits per heavy atom. The fourth-order valence-corrected chi connectivity index (χ4v) is 4.28. The SMILES string of the molecule is COc1cccc(-c2cnc3c(NC(C)=O)cc(-c4ccc(C(=O)N5CCOCC5)cc4)cn23)c1. The van der Waals surface area contributed by atoms with Gasteiger partial charge in [-0.25, -0.2) is 4.98 Å². The maximum absolute atomic E-state index is 12.8. The summed E-state index contributed by atoms with van der Waals surface area (Å²) in [6, 6.07) is 17.2. The van der Waals surface area contributed by atoms with E-state index in [2.05, 4.69) is 10.3 Å². The summed E-state index contributed by atoms with van der Waals surface area (Å²) in [7, 11) is 1.63. The maximum Gasteiger partial charge on any atom is 0.254 e. The van der Waals surface area contributed by atoms with Gasteiger partial charge >= 0.3 is 0 Å². The van der Waals surface area contributed by atoms with Gasteiger partial charge in [-0.1, -0.05) is 24.3 Å². The van der Waals surface area contributed by atoms with Gasteiger partial charge in [-0.05, 0) is 35.9 Å². The molecule has 1 aliphatic rings. The van der Waals surface area contributed by atoms with Crippen molar-refractivity contribution in [1.29, 1.82) is 0 Å². The Kier molecular flexibility index (Phi) is 6.20. The first-order valence-corrected chi connectivity index (χ1v) is 11.4. The average molecular weight is 471 g/mol. The van der Waals surface area contributed by atoms with Crippen LogP contribution in [0.2, 0.25) is 0 Å². The van der Waals surface area contributed by atoms with Gasteiger partial charge in [-0.3, -0.25) is 14.0 Å². The fourth-order valence-electron chi connectivity index (χ4n) is 4.28. The van der Waals surface area contributed by atoms with Gasteiger partial charge in [0.15, 0.2) is 5.65 Å². The van der Waals surface area contributed by atoms with E-state index in [1.54, 1.807) is 13.3 Å². The Balaban J connectivity index is 1.55. The summed E-state index contributed by atoms with van der Waals surface area (Å²) in [6.07, 6.45) is 3.77. The lowest BCUT2D eigenvalue weighted by molar-refractivity contribution is -0.114. The summed E-state index contributed by atoms with van der Waals surface area (Å²) in [6.45, 7) is 3.81. The molecule has 8 heteroatoms. The van der Waals surface area contributed by atoms with Crippen molar-refractivity contribution < 1.29 is 19.1 Å². The van der Waals surface area contributed by atoms with E-state index in [1.165, 1.54) is 6.92 Å². The summed E-state index contributed by atoms with van der Waals surface area (Å²) >= 11 is 0. The van der Waals surface area contributed by atoms with E-state index in [-0.39, 0.29) is 11.8 Å². The molecule has 1 fully saturated rings. The van der Waals surface area contributed by atoms with Crippen LogP contribution < -0.4 is 10.1 Å². The third-order valence-corrected chi connectivity index (χ3v) is 6.05. The molecular formula is C27H26N4O4. The molecule has 1 N–H and O–H groups in total. The molecule has 178 valence electrons. The van der Waals surface area contributed by atoms with Gasteiger partial charge in [0.05, 0.1) is 37.9 Å². The highest BCUT2D eigenvalue weighted by Crippen LogP contribution is 2.31. The zero-order chi connectivity index (χ0) is 24.4. The topological polar surface area (TPSA) is 85.2 Å². The third kappa shape index (κ3) is 4.61. The Hall–Kier alpha value is -4.17. The molecule has 1 aliphatic heterocycles. The third-order valence-electron chi connectivity index (χ3n) is 6.05. The van der Waals surface area contributed by atoms with Crippen LogP contribution in [0.5, 0.6) is 5.75 Å². The molecule has 2 aromatic heterocycles. The lowest BCUT2D eigenvalue weighted by atomic mass is 10.0. The number of methoxy groups -OCH3 is 1. The van der Waals surface area contributed by atoms with Crippen molar-refractivity contribution in [3.63, 3.8) is 0 Å². The first-order chi connectivity index (χ1) is 17.0. The molecule has 3 heterocycles. The second kappa shape index (κ2) is 9.60. The minimum Gasteiger partial charge on any atom is -0.497 e. The number of ether oxygens (including phenoxy) is 2. The van der Waals surface area contributed by atoms with E-state index in [1.807, 2.05) is 70.1 Å². The number of aromatic nitrogens is 2. The molecule has 0 atom stereocenters. The zero-order valence-corrected chi connectivity index (χ0v) is 19.7. The average Bonchev–Trinajstić information content (AvgIpc) is 3.33. The Morgan fingerprint density at radius 1 is 1.00 bits per heavy atom. The van der Waals surface area contributed by atoms with E-state index >= 15 is 0 Å². The molecule has 8 nitrogen and oxygen atoms in total. The van der Waals surface area contributed by atoms with E-state index < -0.39 is 0 Å². The minimum absolute atomic E-state index is 0.00385. The largest absolute Gasteiger partial charge is 0.497 e. The van der Waals surface area contributed by atoms with Crippen molar-refractivity contribution >= 4 is 23.1 Å². The van der Waals surface area contributed by atoms with Crippen LogP contribution in [0.3, 0.4) is 0 Å². The lowest BCUT2D eigenvalue weighted by Crippen LogP contribution is -2.40. The Labute approximate surface area is 203 Å². The predicted molar refractivity (Wildman–Crippen MR) is 134 cm³/mol. The fraction of sp³-hybridized carbons (Fsp3) is 0.222. The number of hydrogen-bond donors (Lipinski definition) is 1. The molecule has 0 unspecified atom stereocenters. The number of anilines is 1. The van der Waals surface area contributed by atoms with Crippen LogP contribution in [0.1, 0.15) is 17.3 Å². The molecule has 5 rings (SSSR count). The number of benzene rings is 2. The summed E-state index contributed by atoms with van der Waals surface area (Å²) < 4.78 is 12.7.